The maximum atomic E-state index is 13.7. The molecule has 1 heterocycles. The van der Waals surface area contributed by atoms with Crippen molar-refractivity contribution >= 4 is 23.3 Å². The summed E-state index contributed by atoms with van der Waals surface area (Å²) in [5.41, 5.74) is 2.24. The molecule has 3 amide bonds. The molecule has 0 radical (unpaired) electrons. The zero-order valence-corrected chi connectivity index (χ0v) is 23.8. The SMILES string of the molecule is COc1ccc(CN(C)C[C@@H]2Oc3ccc(NC(=O)Nc4ccc(F)cc4)cc3C(=O)N([C@H](C)CO)C[C@H]2C)cc1. The van der Waals surface area contributed by atoms with Gasteiger partial charge in [-0.25, -0.2) is 9.18 Å². The predicted octanol–water partition coefficient (Wildman–Crippen LogP) is 4.83. The van der Waals surface area contributed by atoms with Crippen LogP contribution in [0.4, 0.5) is 20.6 Å². The van der Waals surface area contributed by atoms with Crippen LogP contribution in [0.5, 0.6) is 11.5 Å². The number of urea groups is 1. The van der Waals surface area contributed by atoms with Crippen LogP contribution in [-0.2, 0) is 6.54 Å². The quantitative estimate of drug-likeness (QED) is 0.344. The molecule has 218 valence electrons. The number of likely N-dealkylation sites (N-methyl/N-ethyl adjacent to an activating group) is 1. The van der Waals surface area contributed by atoms with Crippen LogP contribution in [-0.4, -0.2) is 72.8 Å². The summed E-state index contributed by atoms with van der Waals surface area (Å²) in [6.07, 6.45) is -0.251. The van der Waals surface area contributed by atoms with Gasteiger partial charge in [0.2, 0.25) is 0 Å². The third kappa shape index (κ3) is 7.74. The van der Waals surface area contributed by atoms with Crippen molar-refractivity contribution in [2.45, 2.75) is 32.5 Å². The molecule has 3 atom stereocenters. The smallest absolute Gasteiger partial charge is 0.323 e. The summed E-state index contributed by atoms with van der Waals surface area (Å²) >= 11 is 0. The normalized spacial score (nSPS) is 17.6. The number of halogens is 1. The second-order valence-corrected chi connectivity index (χ2v) is 10.5. The lowest BCUT2D eigenvalue weighted by molar-refractivity contribution is 0.0341. The first-order valence-electron chi connectivity index (χ1n) is 13.5. The largest absolute Gasteiger partial charge is 0.497 e. The van der Waals surface area contributed by atoms with Gasteiger partial charge in [0.1, 0.15) is 23.4 Å². The summed E-state index contributed by atoms with van der Waals surface area (Å²) in [4.78, 5) is 30.1. The van der Waals surface area contributed by atoms with Crippen molar-refractivity contribution < 1.29 is 28.6 Å². The molecule has 0 saturated heterocycles. The Hall–Kier alpha value is -4.15. The number of methoxy groups -OCH3 is 1. The average Bonchev–Trinajstić information content (AvgIpc) is 2.96. The molecule has 3 aromatic carbocycles. The molecule has 9 nitrogen and oxygen atoms in total. The van der Waals surface area contributed by atoms with Crippen molar-refractivity contribution in [3.8, 4) is 11.5 Å². The van der Waals surface area contributed by atoms with E-state index >= 15 is 0 Å². The molecule has 0 spiro atoms. The molecule has 1 aliphatic rings. The molecule has 3 aromatic rings. The first-order valence-corrected chi connectivity index (χ1v) is 13.5. The third-order valence-corrected chi connectivity index (χ3v) is 7.13. The number of hydrogen-bond acceptors (Lipinski definition) is 6. The molecule has 3 N–H and O–H groups in total. The van der Waals surface area contributed by atoms with Crippen LogP contribution in [0.1, 0.15) is 29.8 Å². The van der Waals surface area contributed by atoms with Gasteiger partial charge in [-0.05, 0) is 74.1 Å². The Morgan fingerprint density at radius 2 is 1.78 bits per heavy atom. The molecule has 10 heteroatoms. The lowest BCUT2D eigenvalue weighted by Crippen LogP contribution is -2.49. The van der Waals surface area contributed by atoms with E-state index in [9.17, 15) is 19.1 Å². The maximum Gasteiger partial charge on any atom is 0.323 e. The summed E-state index contributed by atoms with van der Waals surface area (Å²) < 4.78 is 24.9. The molecule has 41 heavy (non-hydrogen) atoms. The summed E-state index contributed by atoms with van der Waals surface area (Å²) in [5, 5.41) is 15.3. The van der Waals surface area contributed by atoms with Crippen LogP contribution in [0.3, 0.4) is 0 Å². The monoisotopic (exact) mass is 564 g/mol. The van der Waals surface area contributed by atoms with Gasteiger partial charge in [-0.15, -0.1) is 0 Å². The molecule has 1 aliphatic heterocycles. The Kier molecular flexibility index (Phi) is 9.80. The minimum atomic E-state index is -0.539. The van der Waals surface area contributed by atoms with Gasteiger partial charge in [0.05, 0.1) is 25.3 Å². The van der Waals surface area contributed by atoms with E-state index in [0.29, 0.717) is 42.3 Å². The Morgan fingerprint density at radius 3 is 2.44 bits per heavy atom. The van der Waals surface area contributed by atoms with Gasteiger partial charge in [-0.3, -0.25) is 9.69 Å². The number of aliphatic hydroxyl groups excluding tert-OH is 1. The number of fused-ring (bicyclic) bond motifs is 1. The predicted molar refractivity (Wildman–Crippen MR) is 156 cm³/mol. The van der Waals surface area contributed by atoms with E-state index in [0.717, 1.165) is 11.3 Å². The fourth-order valence-electron chi connectivity index (χ4n) is 4.76. The van der Waals surface area contributed by atoms with Gasteiger partial charge in [0.25, 0.3) is 5.91 Å². The molecule has 0 unspecified atom stereocenters. The maximum absolute atomic E-state index is 13.7. The van der Waals surface area contributed by atoms with E-state index in [1.165, 1.54) is 24.3 Å². The van der Waals surface area contributed by atoms with E-state index in [1.807, 2.05) is 38.2 Å². The highest BCUT2D eigenvalue weighted by atomic mass is 19.1. The van der Waals surface area contributed by atoms with Crippen LogP contribution in [0.25, 0.3) is 0 Å². The zero-order chi connectivity index (χ0) is 29.5. The fraction of sp³-hybridized carbons (Fsp3) is 0.355. The van der Waals surface area contributed by atoms with Gasteiger partial charge in [0, 0.05) is 36.9 Å². The first kappa shape index (κ1) is 29.8. The summed E-state index contributed by atoms with van der Waals surface area (Å²) in [7, 11) is 3.66. The molecular formula is C31H37FN4O5. The van der Waals surface area contributed by atoms with Crippen molar-refractivity contribution in [3.63, 3.8) is 0 Å². The number of carbonyl (C=O) groups is 2. The number of benzene rings is 3. The van der Waals surface area contributed by atoms with Crippen LogP contribution in [0.15, 0.2) is 66.7 Å². The number of rotatable bonds is 9. The highest BCUT2D eigenvalue weighted by Gasteiger charge is 2.33. The average molecular weight is 565 g/mol. The molecule has 0 saturated carbocycles. The van der Waals surface area contributed by atoms with E-state index in [4.69, 9.17) is 9.47 Å². The summed E-state index contributed by atoms with van der Waals surface area (Å²) in [5.74, 6) is 0.482. The van der Waals surface area contributed by atoms with Gasteiger partial charge < -0.3 is 30.1 Å². The van der Waals surface area contributed by atoms with Gasteiger partial charge in [0.15, 0.2) is 0 Å². The number of amides is 3. The molecule has 0 aromatic heterocycles. The van der Waals surface area contributed by atoms with Crippen molar-refractivity contribution in [1.82, 2.24) is 9.80 Å². The number of aliphatic hydroxyl groups is 1. The minimum absolute atomic E-state index is 0.0290. The number of hydrogen-bond donors (Lipinski definition) is 3. The van der Waals surface area contributed by atoms with Crippen LogP contribution < -0.4 is 20.1 Å². The van der Waals surface area contributed by atoms with Crippen molar-refractivity contribution in [3.05, 3.63) is 83.7 Å². The number of anilines is 2. The van der Waals surface area contributed by atoms with Gasteiger partial charge >= 0.3 is 6.03 Å². The molecular weight excluding hydrogens is 527 g/mol. The standard InChI is InChI=1S/C31H37FN4O5/c1-20-16-36(21(2)19-37)30(38)27-15-25(34-31(39)33-24-9-7-23(32)8-10-24)11-14-28(27)41-29(20)18-35(3)17-22-5-12-26(40-4)13-6-22/h5-15,20-21,29,37H,16-19H2,1-4H3,(H2,33,34,39)/t20-,21-,29+/m1/s1. The lowest BCUT2D eigenvalue weighted by atomic mass is 9.99. The number of ether oxygens (including phenoxy) is 2. The van der Waals surface area contributed by atoms with Crippen molar-refractivity contribution in [2.24, 2.45) is 5.92 Å². The molecule has 0 fully saturated rings. The Bertz CT molecular complexity index is 1340. The summed E-state index contributed by atoms with van der Waals surface area (Å²) in [6, 6.07) is 17.3. The second kappa shape index (κ2) is 13.5. The Balaban J connectivity index is 1.54. The fourth-order valence-corrected chi connectivity index (χ4v) is 4.76. The first-order chi connectivity index (χ1) is 19.7. The van der Waals surface area contributed by atoms with E-state index < -0.39 is 17.9 Å². The minimum Gasteiger partial charge on any atom is -0.497 e. The van der Waals surface area contributed by atoms with Crippen LogP contribution >= 0.6 is 0 Å². The topological polar surface area (TPSA) is 103 Å². The molecule has 0 bridgehead atoms. The molecule has 4 rings (SSSR count). The second-order valence-electron chi connectivity index (χ2n) is 10.5. The lowest BCUT2D eigenvalue weighted by Gasteiger charge is -2.38. The van der Waals surface area contributed by atoms with Crippen molar-refractivity contribution in [2.75, 3.05) is 44.5 Å². The highest BCUT2D eigenvalue weighted by molar-refractivity contribution is 6.02. The van der Waals surface area contributed by atoms with Gasteiger partial charge in [-0.2, -0.15) is 0 Å². The third-order valence-electron chi connectivity index (χ3n) is 7.13. The molecule has 0 aliphatic carbocycles. The Labute approximate surface area is 239 Å². The van der Waals surface area contributed by atoms with Crippen LogP contribution in [0, 0.1) is 11.7 Å². The number of carbonyl (C=O) groups excluding carboxylic acids is 2. The number of nitrogens with one attached hydrogen (secondary N) is 2. The highest BCUT2D eigenvalue weighted by Crippen LogP contribution is 2.31. The zero-order valence-electron chi connectivity index (χ0n) is 23.8. The van der Waals surface area contributed by atoms with E-state index in [-0.39, 0.29) is 24.5 Å². The van der Waals surface area contributed by atoms with Crippen molar-refractivity contribution in [1.29, 1.82) is 0 Å². The van der Waals surface area contributed by atoms with Crippen LogP contribution in [0.2, 0.25) is 0 Å². The van der Waals surface area contributed by atoms with E-state index in [1.54, 1.807) is 37.1 Å². The summed E-state index contributed by atoms with van der Waals surface area (Å²) in [6.45, 7) is 5.35. The Morgan fingerprint density at radius 1 is 1.12 bits per heavy atom. The number of nitrogens with zero attached hydrogens (tertiary/aromatic N) is 2. The van der Waals surface area contributed by atoms with E-state index in [2.05, 4.69) is 15.5 Å². The van der Waals surface area contributed by atoms with Gasteiger partial charge in [-0.1, -0.05) is 19.1 Å².